The maximum absolute atomic E-state index is 12.6. The number of sulfonamides is 1. The summed E-state index contributed by atoms with van der Waals surface area (Å²) in [7, 11) is -1.11. The number of guanidine groups is 1. The van der Waals surface area contributed by atoms with Crippen molar-refractivity contribution in [2.45, 2.75) is 39.8 Å². The number of ether oxygens (including phenoxy) is 1. The lowest BCUT2D eigenvalue weighted by molar-refractivity contribution is 0.0904. The predicted octanol–water partition coefficient (Wildman–Crippen LogP) is 0.578. The Morgan fingerprint density at radius 3 is 2.19 bits per heavy atom. The minimum Gasteiger partial charge on any atom is -0.378 e. The first-order valence-electron chi connectivity index (χ1n) is 11.3. The normalized spacial score (nSPS) is 21.2. The zero-order valence-corrected chi connectivity index (χ0v) is 23.1. The van der Waals surface area contributed by atoms with E-state index in [1.807, 2.05) is 13.8 Å². The number of likely N-dealkylation sites (N-methyl/N-ethyl adjacent to an activating group) is 1. The number of rotatable bonds is 9. The summed E-state index contributed by atoms with van der Waals surface area (Å²) in [5.74, 6) is 0.931. The van der Waals surface area contributed by atoms with Crippen molar-refractivity contribution in [1.82, 2.24) is 24.3 Å². The number of halogens is 1. The van der Waals surface area contributed by atoms with Gasteiger partial charge in [-0.3, -0.25) is 9.89 Å². The van der Waals surface area contributed by atoms with Gasteiger partial charge in [-0.25, -0.2) is 8.42 Å². The first kappa shape index (κ1) is 28.8. The molecule has 31 heavy (non-hydrogen) atoms. The van der Waals surface area contributed by atoms with E-state index < -0.39 is 10.0 Å². The summed E-state index contributed by atoms with van der Waals surface area (Å²) in [6.45, 7) is 16.6. The minimum atomic E-state index is -3.27. The molecule has 1 unspecified atom stereocenters. The van der Waals surface area contributed by atoms with Crippen molar-refractivity contribution in [2.24, 2.45) is 4.99 Å². The van der Waals surface area contributed by atoms with E-state index in [0.717, 1.165) is 45.2 Å². The van der Waals surface area contributed by atoms with Gasteiger partial charge >= 0.3 is 0 Å². The highest BCUT2D eigenvalue weighted by atomic mass is 127. The van der Waals surface area contributed by atoms with Gasteiger partial charge in [-0.2, -0.15) is 4.31 Å². The van der Waals surface area contributed by atoms with E-state index >= 15 is 0 Å². The average molecular weight is 575 g/mol. The Hall–Kier alpha value is -0.210. The number of nitrogens with one attached hydrogen (secondary N) is 1. The van der Waals surface area contributed by atoms with E-state index in [9.17, 15) is 8.42 Å². The van der Waals surface area contributed by atoms with E-state index in [1.54, 1.807) is 4.31 Å². The van der Waals surface area contributed by atoms with Crippen LogP contribution in [0.2, 0.25) is 0 Å². The fourth-order valence-electron chi connectivity index (χ4n) is 3.72. The Bertz CT molecular complexity index is 633. The van der Waals surface area contributed by atoms with Crippen LogP contribution in [0.5, 0.6) is 0 Å². The van der Waals surface area contributed by atoms with Crippen molar-refractivity contribution >= 4 is 40.0 Å². The lowest BCUT2D eigenvalue weighted by Crippen LogP contribution is -2.54. The number of hydrogen-bond acceptors (Lipinski definition) is 6. The summed E-state index contributed by atoms with van der Waals surface area (Å²) in [5, 5.41) is 3.38. The molecule has 0 amide bonds. The van der Waals surface area contributed by atoms with E-state index in [-0.39, 0.29) is 42.4 Å². The molecule has 0 saturated carbocycles. The summed E-state index contributed by atoms with van der Waals surface area (Å²) in [4.78, 5) is 11.9. The van der Waals surface area contributed by atoms with Crippen molar-refractivity contribution in [3.05, 3.63) is 0 Å². The number of aliphatic imine (C=N–C) groups is 1. The third kappa shape index (κ3) is 9.66. The van der Waals surface area contributed by atoms with Crippen LogP contribution in [-0.4, -0.2) is 130 Å². The minimum absolute atomic E-state index is 0. The van der Waals surface area contributed by atoms with Crippen LogP contribution in [0.1, 0.15) is 27.7 Å². The molecule has 0 radical (unpaired) electrons. The fourth-order valence-corrected chi connectivity index (χ4v) is 5.00. The van der Waals surface area contributed by atoms with Gasteiger partial charge in [0.1, 0.15) is 0 Å². The first-order chi connectivity index (χ1) is 14.2. The Balaban J connectivity index is 0.00000480. The summed E-state index contributed by atoms with van der Waals surface area (Å²) in [6.07, 6.45) is 0.0455. The predicted molar refractivity (Wildman–Crippen MR) is 138 cm³/mol. The Morgan fingerprint density at radius 1 is 1.03 bits per heavy atom. The molecule has 1 N–H and O–H groups in total. The molecule has 0 aromatic carbocycles. The van der Waals surface area contributed by atoms with Gasteiger partial charge in [0, 0.05) is 64.9 Å². The number of piperazine rings is 2. The maximum Gasteiger partial charge on any atom is 0.216 e. The van der Waals surface area contributed by atoms with Crippen molar-refractivity contribution in [2.75, 3.05) is 84.9 Å². The molecule has 184 valence electrons. The largest absolute Gasteiger partial charge is 0.378 e. The van der Waals surface area contributed by atoms with Gasteiger partial charge in [-0.05, 0) is 34.7 Å². The molecule has 1 atom stereocenters. The van der Waals surface area contributed by atoms with Gasteiger partial charge in [0.05, 0.1) is 25.0 Å². The maximum atomic E-state index is 12.6. The quantitative estimate of drug-likeness (QED) is 0.245. The van der Waals surface area contributed by atoms with Crippen LogP contribution >= 0.6 is 24.0 Å². The Kier molecular flexibility index (Phi) is 13.1. The lowest BCUT2D eigenvalue weighted by Gasteiger charge is -2.37. The Morgan fingerprint density at radius 2 is 1.65 bits per heavy atom. The van der Waals surface area contributed by atoms with Crippen LogP contribution in [-0.2, 0) is 14.8 Å². The zero-order chi connectivity index (χ0) is 22.1. The third-order valence-electron chi connectivity index (χ3n) is 5.73. The van der Waals surface area contributed by atoms with Crippen LogP contribution in [0.15, 0.2) is 4.99 Å². The van der Waals surface area contributed by atoms with Gasteiger partial charge in [-0.1, -0.05) is 0 Å². The fraction of sp³-hybridized carbons (Fsp3) is 0.950. The molecule has 0 aromatic heterocycles. The van der Waals surface area contributed by atoms with Crippen molar-refractivity contribution in [1.29, 1.82) is 0 Å². The summed E-state index contributed by atoms with van der Waals surface area (Å²) in [5.41, 5.74) is 0. The van der Waals surface area contributed by atoms with E-state index in [0.29, 0.717) is 32.2 Å². The molecule has 0 bridgehead atoms. The van der Waals surface area contributed by atoms with Crippen LogP contribution in [0.3, 0.4) is 0 Å². The monoisotopic (exact) mass is 574 g/mol. The standard InChI is InChI=1S/C20H42N6O3S.HI/c1-6-21-20(22-17-19(4)24-9-7-23(5)8-10-24)25-11-13-26(14-12-25)30(27,28)16-15-29-18(2)3;/h18-19H,6-17H2,1-5H3,(H,21,22);1H. The van der Waals surface area contributed by atoms with Gasteiger partial charge < -0.3 is 19.9 Å². The molecular formula is C20H43IN6O3S. The van der Waals surface area contributed by atoms with Crippen LogP contribution in [0.4, 0.5) is 0 Å². The molecule has 0 aromatic rings. The highest BCUT2D eigenvalue weighted by molar-refractivity contribution is 14.0. The van der Waals surface area contributed by atoms with Gasteiger partial charge in [-0.15, -0.1) is 24.0 Å². The molecule has 2 rings (SSSR count). The van der Waals surface area contributed by atoms with Crippen LogP contribution in [0.25, 0.3) is 0 Å². The molecule has 11 heteroatoms. The molecule has 2 aliphatic rings. The summed E-state index contributed by atoms with van der Waals surface area (Å²) >= 11 is 0. The number of hydrogen-bond donors (Lipinski definition) is 1. The Labute approximate surface area is 206 Å². The average Bonchev–Trinajstić information content (AvgIpc) is 2.71. The lowest BCUT2D eigenvalue weighted by atomic mass is 10.2. The van der Waals surface area contributed by atoms with E-state index in [4.69, 9.17) is 9.73 Å². The number of nitrogens with zero attached hydrogens (tertiary/aromatic N) is 5. The second-order valence-electron chi connectivity index (χ2n) is 8.50. The van der Waals surface area contributed by atoms with Gasteiger partial charge in [0.25, 0.3) is 0 Å². The third-order valence-corrected chi connectivity index (χ3v) is 7.56. The molecule has 2 saturated heterocycles. The highest BCUT2D eigenvalue weighted by Gasteiger charge is 2.28. The highest BCUT2D eigenvalue weighted by Crippen LogP contribution is 2.10. The smallest absolute Gasteiger partial charge is 0.216 e. The molecule has 0 aliphatic carbocycles. The van der Waals surface area contributed by atoms with Gasteiger partial charge in [0.2, 0.25) is 10.0 Å². The zero-order valence-electron chi connectivity index (χ0n) is 19.9. The molecule has 2 heterocycles. The van der Waals surface area contributed by atoms with E-state index in [1.165, 1.54) is 0 Å². The van der Waals surface area contributed by atoms with Crippen molar-refractivity contribution in [3.63, 3.8) is 0 Å². The molecule has 0 spiro atoms. The summed E-state index contributed by atoms with van der Waals surface area (Å²) < 4.78 is 32.1. The molecule has 2 fully saturated rings. The first-order valence-corrected chi connectivity index (χ1v) is 12.9. The van der Waals surface area contributed by atoms with Crippen LogP contribution in [0, 0.1) is 0 Å². The topological polar surface area (TPSA) is 80.7 Å². The van der Waals surface area contributed by atoms with Crippen molar-refractivity contribution < 1.29 is 13.2 Å². The van der Waals surface area contributed by atoms with Crippen molar-refractivity contribution in [3.8, 4) is 0 Å². The second-order valence-corrected chi connectivity index (χ2v) is 10.6. The van der Waals surface area contributed by atoms with Crippen LogP contribution < -0.4 is 5.32 Å². The molecule has 2 aliphatic heterocycles. The van der Waals surface area contributed by atoms with E-state index in [2.05, 4.69) is 40.9 Å². The van der Waals surface area contributed by atoms with Gasteiger partial charge in [0.15, 0.2) is 5.96 Å². The molecule has 9 nitrogen and oxygen atoms in total. The molecular weight excluding hydrogens is 531 g/mol. The summed E-state index contributed by atoms with van der Waals surface area (Å²) in [6, 6.07) is 0.398. The SMILES string of the molecule is CCNC(=NCC(C)N1CCN(C)CC1)N1CCN(S(=O)(=O)CCOC(C)C)CC1.I. The second kappa shape index (κ2) is 14.1.